The topological polar surface area (TPSA) is 108 Å². The summed E-state index contributed by atoms with van der Waals surface area (Å²) in [4.78, 5) is 32.8. The Bertz CT molecular complexity index is 315. The Morgan fingerprint density at radius 3 is 2.47 bits per heavy atom. The molecular weight excluding hydrogens is 226 g/mol. The zero-order chi connectivity index (χ0) is 12.8. The summed E-state index contributed by atoms with van der Waals surface area (Å²) < 4.78 is 0. The number of rotatable bonds is 6. The monoisotopic (exact) mass is 243 g/mol. The van der Waals surface area contributed by atoms with E-state index in [0.717, 1.165) is 12.8 Å². The van der Waals surface area contributed by atoms with Crippen molar-refractivity contribution in [3.05, 3.63) is 0 Å². The molecule has 7 nitrogen and oxygen atoms in total. The number of amides is 3. The fraction of sp³-hybridized carbons (Fsp3) is 0.700. The molecule has 0 saturated heterocycles. The third kappa shape index (κ3) is 5.74. The molecule has 96 valence electrons. The van der Waals surface area contributed by atoms with Crippen LogP contribution in [0.2, 0.25) is 0 Å². The number of nitrogens with one attached hydrogen (secondary N) is 3. The number of aliphatic carboxylic acids is 1. The second-order valence-corrected chi connectivity index (χ2v) is 4.14. The maximum Gasteiger partial charge on any atom is 0.315 e. The first-order valence-electron chi connectivity index (χ1n) is 5.53. The highest BCUT2D eigenvalue weighted by Gasteiger charge is 2.23. The summed E-state index contributed by atoms with van der Waals surface area (Å²) in [7, 11) is 0. The maximum absolute atomic E-state index is 11.2. The SMILES string of the molecule is CC(CNC(=O)NCC(=O)NC1CC1)C(=O)O. The molecule has 7 heteroatoms. The molecule has 1 rings (SSSR count). The minimum Gasteiger partial charge on any atom is -0.481 e. The number of carboxylic acid groups (broad SMARTS) is 1. The Hall–Kier alpha value is -1.79. The van der Waals surface area contributed by atoms with Gasteiger partial charge in [-0.25, -0.2) is 4.79 Å². The van der Waals surface area contributed by atoms with Crippen molar-refractivity contribution in [1.29, 1.82) is 0 Å². The van der Waals surface area contributed by atoms with Crippen LogP contribution in [0.25, 0.3) is 0 Å². The van der Waals surface area contributed by atoms with E-state index < -0.39 is 17.9 Å². The summed E-state index contributed by atoms with van der Waals surface area (Å²) in [6.45, 7) is 1.43. The van der Waals surface area contributed by atoms with Gasteiger partial charge in [0.25, 0.3) is 0 Å². The van der Waals surface area contributed by atoms with Gasteiger partial charge in [-0.05, 0) is 12.8 Å². The second-order valence-electron chi connectivity index (χ2n) is 4.14. The smallest absolute Gasteiger partial charge is 0.315 e. The highest BCUT2D eigenvalue weighted by atomic mass is 16.4. The highest BCUT2D eigenvalue weighted by molar-refractivity contribution is 5.84. The minimum absolute atomic E-state index is 0.0331. The Morgan fingerprint density at radius 2 is 1.94 bits per heavy atom. The third-order valence-electron chi connectivity index (χ3n) is 2.34. The van der Waals surface area contributed by atoms with Crippen molar-refractivity contribution >= 4 is 17.9 Å². The molecule has 3 amide bonds. The van der Waals surface area contributed by atoms with Gasteiger partial charge in [-0.1, -0.05) is 6.92 Å². The average Bonchev–Trinajstić information content (AvgIpc) is 3.06. The summed E-state index contributed by atoms with van der Waals surface area (Å²) in [5.74, 6) is -1.85. The van der Waals surface area contributed by atoms with Crippen molar-refractivity contribution in [2.75, 3.05) is 13.1 Å². The molecule has 0 heterocycles. The van der Waals surface area contributed by atoms with Crippen LogP contribution in [0.1, 0.15) is 19.8 Å². The molecule has 1 saturated carbocycles. The van der Waals surface area contributed by atoms with Crippen molar-refractivity contribution in [3.8, 4) is 0 Å². The fourth-order valence-electron chi connectivity index (χ4n) is 1.06. The zero-order valence-corrected chi connectivity index (χ0v) is 9.66. The van der Waals surface area contributed by atoms with Crippen molar-refractivity contribution in [1.82, 2.24) is 16.0 Å². The Morgan fingerprint density at radius 1 is 1.29 bits per heavy atom. The molecule has 0 spiro atoms. The van der Waals surface area contributed by atoms with Crippen molar-refractivity contribution < 1.29 is 19.5 Å². The summed E-state index contributed by atoms with van der Waals surface area (Å²) >= 11 is 0. The molecule has 1 atom stereocenters. The van der Waals surface area contributed by atoms with E-state index in [9.17, 15) is 14.4 Å². The lowest BCUT2D eigenvalue weighted by Gasteiger charge is -2.09. The normalized spacial score (nSPS) is 15.8. The number of urea groups is 1. The van der Waals surface area contributed by atoms with Crippen LogP contribution < -0.4 is 16.0 Å². The van der Waals surface area contributed by atoms with Crippen LogP contribution in [0.5, 0.6) is 0 Å². The standard InChI is InChI=1S/C10H17N3O4/c1-6(9(15)16)4-11-10(17)12-5-8(14)13-7-2-3-7/h6-7H,2-5H2,1H3,(H,13,14)(H,15,16)(H2,11,12,17). The lowest BCUT2D eigenvalue weighted by atomic mass is 10.2. The maximum atomic E-state index is 11.2. The predicted molar refractivity (Wildman–Crippen MR) is 59.4 cm³/mol. The van der Waals surface area contributed by atoms with E-state index in [1.54, 1.807) is 0 Å². The molecule has 1 aliphatic carbocycles. The zero-order valence-electron chi connectivity index (χ0n) is 9.66. The molecule has 1 unspecified atom stereocenters. The van der Waals surface area contributed by atoms with E-state index in [0.29, 0.717) is 0 Å². The summed E-state index contributed by atoms with van der Waals surface area (Å²) in [5.41, 5.74) is 0. The lowest BCUT2D eigenvalue weighted by Crippen LogP contribution is -2.44. The molecule has 0 radical (unpaired) electrons. The molecular formula is C10H17N3O4. The first-order valence-corrected chi connectivity index (χ1v) is 5.53. The van der Waals surface area contributed by atoms with Crippen molar-refractivity contribution in [2.45, 2.75) is 25.8 Å². The van der Waals surface area contributed by atoms with Crippen LogP contribution in [0.3, 0.4) is 0 Å². The van der Waals surface area contributed by atoms with E-state index in [2.05, 4.69) is 16.0 Å². The van der Waals surface area contributed by atoms with Gasteiger partial charge in [0.2, 0.25) is 5.91 Å². The van der Waals surface area contributed by atoms with Gasteiger partial charge in [0.05, 0.1) is 12.5 Å². The van der Waals surface area contributed by atoms with Gasteiger partial charge in [-0.3, -0.25) is 9.59 Å². The van der Waals surface area contributed by atoms with Gasteiger partial charge in [-0.2, -0.15) is 0 Å². The van der Waals surface area contributed by atoms with E-state index >= 15 is 0 Å². The van der Waals surface area contributed by atoms with Crippen LogP contribution in [0, 0.1) is 5.92 Å². The van der Waals surface area contributed by atoms with E-state index in [1.807, 2.05) is 0 Å². The number of carbonyl (C=O) groups is 3. The number of carbonyl (C=O) groups excluding carboxylic acids is 2. The fourth-order valence-corrected chi connectivity index (χ4v) is 1.06. The first-order chi connectivity index (χ1) is 7.99. The van der Waals surface area contributed by atoms with Gasteiger partial charge >= 0.3 is 12.0 Å². The number of hydrogen-bond donors (Lipinski definition) is 4. The first kappa shape index (κ1) is 13.3. The molecule has 4 N–H and O–H groups in total. The van der Waals surface area contributed by atoms with Crippen LogP contribution >= 0.6 is 0 Å². The molecule has 0 bridgehead atoms. The van der Waals surface area contributed by atoms with Gasteiger partial charge < -0.3 is 21.1 Å². The van der Waals surface area contributed by atoms with E-state index in [-0.39, 0.29) is 25.0 Å². The van der Waals surface area contributed by atoms with Crippen LogP contribution in [-0.4, -0.2) is 42.1 Å². The van der Waals surface area contributed by atoms with Crippen molar-refractivity contribution in [3.63, 3.8) is 0 Å². The second kappa shape index (κ2) is 6.07. The third-order valence-corrected chi connectivity index (χ3v) is 2.34. The van der Waals surface area contributed by atoms with Crippen LogP contribution in [0.4, 0.5) is 4.79 Å². The predicted octanol–water partition coefficient (Wildman–Crippen LogP) is -0.715. The van der Waals surface area contributed by atoms with Crippen LogP contribution in [-0.2, 0) is 9.59 Å². The molecule has 17 heavy (non-hydrogen) atoms. The Labute approximate surface area is 98.9 Å². The molecule has 1 fully saturated rings. The summed E-state index contributed by atoms with van der Waals surface area (Å²) in [6.07, 6.45) is 1.99. The molecule has 1 aliphatic rings. The van der Waals surface area contributed by atoms with E-state index in [1.165, 1.54) is 6.92 Å². The molecule has 0 aromatic heterocycles. The van der Waals surface area contributed by atoms with Gasteiger partial charge in [-0.15, -0.1) is 0 Å². The Balaban J connectivity index is 2.07. The molecule has 0 aromatic rings. The van der Waals surface area contributed by atoms with Crippen LogP contribution in [0.15, 0.2) is 0 Å². The highest BCUT2D eigenvalue weighted by Crippen LogP contribution is 2.18. The largest absolute Gasteiger partial charge is 0.481 e. The molecule has 0 aromatic carbocycles. The molecule has 0 aliphatic heterocycles. The lowest BCUT2D eigenvalue weighted by molar-refractivity contribution is -0.140. The minimum atomic E-state index is -0.975. The quantitative estimate of drug-likeness (QED) is 0.494. The number of hydrogen-bond acceptors (Lipinski definition) is 3. The summed E-state index contributed by atoms with van der Waals surface area (Å²) in [6, 6.07) is -0.275. The Kier molecular flexibility index (Phi) is 4.74. The van der Waals surface area contributed by atoms with Gasteiger partial charge in [0.1, 0.15) is 0 Å². The van der Waals surface area contributed by atoms with Crippen molar-refractivity contribution in [2.24, 2.45) is 5.92 Å². The van der Waals surface area contributed by atoms with Gasteiger partial charge in [0.15, 0.2) is 0 Å². The number of carboxylic acids is 1. The van der Waals surface area contributed by atoms with E-state index in [4.69, 9.17) is 5.11 Å². The van der Waals surface area contributed by atoms with Gasteiger partial charge in [0, 0.05) is 12.6 Å². The average molecular weight is 243 g/mol. The summed E-state index contributed by atoms with van der Waals surface area (Å²) in [5, 5.41) is 16.0.